The quantitative estimate of drug-likeness (QED) is 0.541. The molecule has 1 amide bonds. The summed E-state index contributed by atoms with van der Waals surface area (Å²) in [6.07, 6.45) is 0.925. The first kappa shape index (κ1) is 21.0. The molecule has 30 heavy (non-hydrogen) atoms. The van der Waals surface area contributed by atoms with Gasteiger partial charge in [0.1, 0.15) is 0 Å². The maximum absolute atomic E-state index is 12.6. The lowest BCUT2D eigenvalue weighted by atomic mass is 10.0. The van der Waals surface area contributed by atoms with Crippen molar-refractivity contribution >= 4 is 45.6 Å². The van der Waals surface area contributed by atoms with E-state index in [1.165, 1.54) is 0 Å². The first-order valence-electron chi connectivity index (χ1n) is 10.3. The minimum absolute atomic E-state index is 0.00721. The number of piperazine rings is 1. The van der Waals surface area contributed by atoms with Crippen LogP contribution in [-0.4, -0.2) is 50.1 Å². The number of anilines is 1. The summed E-state index contributed by atoms with van der Waals surface area (Å²) in [6.45, 7) is 5.42. The van der Waals surface area contributed by atoms with Crippen LogP contribution in [0.1, 0.15) is 16.8 Å². The van der Waals surface area contributed by atoms with Gasteiger partial charge in [0, 0.05) is 38.3 Å². The molecular weight excluding hydrogens is 417 g/mol. The van der Waals surface area contributed by atoms with Gasteiger partial charge in [-0.1, -0.05) is 65.7 Å². The van der Waals surface area contributed by atoms with Crippen molar-refractivity contribution in [2.45, 2.75) is 6.42 Å². The molecule has 3 aromatic rings. The van der Waals surface area contributed by atoms with E-state index in [0.29, 0.717) is 16.6 Å². The lowest BCUT2D eigenvalue weighted by Gasteiger charge is -2.36. The van der Waals surface area contributed by atoms with Gasteiger partial charge in [-0.05, 0) is 41.9 Å². The molecule has 0 saturated carbocycles. The van der Waals surface area contributed by atoms with E-state index in [1.807, 2.05) is 60.7 Å². The molecule has 0 bridgehead atoms. The third kappa shape index (κ3) is 4.72. The molecule has 1 saturated heterocycles. The number of nitrogens with one attached hydrogen (secondary N) is 1. The Kier molecular flexibility index (Phi) is 6.78. The number of fused-ring (bicyclic) bond motifs is 1. The van der Waals surface area contributed by atoms with Crippen molar-refractivity contribution in [3.05, 3.63) is 76.3 Å². The zero-order valence-corrected chi connectivity index (χ0v) is 18.3. The first-order chi connectivity index (χ1) is 14.6. The molecule has 3 aromatic carbocycles. The Balaban J connectivity index is 1.23. The van der Waals surface area contributed by atoms with E-state index in [1.54, 1.807) is 0 Å². The summed E-state index contributed by atoms with van der Waals surface area (Å²) in [4.78, 5) is 17.3. The highest BCUT2D eigenvalue weighted by atomic mass is 35.5. The average molecular weight is 442 g/mol. The molecule has 1 N–H and O–H groups in total. The van der Waals surface area contributed by atoms with Gasteiger partial charge in [0.25, 0.3) is 5.91 Å². The highest BCUT2D eigenvalue weighted by Gasteiger charge is 2.19. The number of hydrogen-bond acceptors (Lipinski definition) is 3. The Morgan fingerprint density at radius 2 is 1.63 bits per heavy atom. The first-order valence-corrected chi connectivity index (χ1v) is 11.1. The lowest BCUT2D eigenvalue weighted by molar-refractivity contribution is 0.0953. The standard InChI is InChI=1S/C24H25Cl2N3O/c25-21-10-4-11-22(23(21)26)29-16-14-28(15-17-29)13-5-12-27-24(30)20-9-3-7-18-6-1-2-8-19(18)20/h1-4,6-11H,5,12-17H2,(H,27,30). The van der Waals surface area contributed by atoms with Gasteiger partial charge in [-0.3, -0.25) is 9.69 Å². The summed E-state index contributed by atoms with van der Waals surface area (Å²) < 4.78 is 0. The number of nitrogens with zero attached hydrogens (tertiary/aromatic N) is 2. The summed E-state index contributed by atoms with van der Waals surface area (Å²) in [5.41, 5.74) is 1.74. The molecule has 0 aromatic heterocycles. The summed E-state index contributed by atoms with van der Waals surface area (Å²) in [6, 6.07) is 19.6. The van der Waals surface area contributed by atoms with Crippen molar-refractivity contribution < 1.29 is 4.79 Å². The summed E-state index contributed by atoms with van der Waals surface area (Å²) in [7, 11) is 0. The molecule has 4 nitrogen and oxygen atoms in total. The lowest BCUT2D eigenvalue weighted by Crippen LogP contribution is -2.47. The zero-order chi connectivity index (χ0) is 20.9. The largest absolute Gasteiger partial charge is 0.368 e. The van der Waals surface area contributed by atoms with Crippen molar-refractivity contribution in [2.24, 2.45) is 0 Å². The topological polar surface area (TPSA) is 35.6 Å². The number of rotatable bonds is 6. The van der Waals surface area contributed by atoms with Crippen molar-refractivity contribution in [1.82, 2.24) is 10.2 Å². The van der Waals surface area contributed by atoms with Crippen LogP contribution in [0.25, 0.3) is 10.8 Å². The van der Waals surface area contributed by atoms with Crippen LogP contribution in [0, 0.1) is 0 Å². The van der Waals surface area contributed by atoms with Gasteiger partial charge in [0.05, 0.1) is 15.7 Å². The van der Waals surface area contributed by atoms with Crippen LogP contribution in [-0.2, 0) is 0 Å². The number of benzene rings is 3. The molecule has 0 atom stereocenters. The van der Waals surface area contributed by atoms with E-state index in [-0.39, 0.29) is 5.91 Å². The van der Waals surface area contributed by atoms with E-state index in [9.17, 15) is 4.79 Å². The van der Waals surface area contributed by atoms with E-state index >= 15 is 0 Å². The fraction of sp³-hybridized carbons (Fsp3) is 0.292. The monoisotopic (exact) mass is 441 g/mol. The van der Waals surface area contributed by atoms with Crippen LogP contribution in [0.4, 0.5) is 5.69 Å². The third-order valence-electron chi connectivity index (χ3n) is 5.62. The van der Waals surface area contributed by atoms with E-state index in [2.05, 4.69) is 15.1 Å². The molecule has 0 spiro atoms. The van der Waals surface area contributed by atoms with Gasteiger partial charge < -0.3 is 10.2 Å². The Labute approximate surface area is 187 Å². The molecule has 1 aliphatic rings. The van der Waals surface area contributed by atoms with Crippen molar-refractivity contribution in [3.63, 3.8) is 0 Å². The SMILES string of the molecule is O=C(NCCCN1CCN(c2cccc(Cl)c2Cl)CC1)c1cccc2ccccc12. The number of hydrogen-bond donors (Lipinski definition) is 1. The minimum Gasteiger partial charge on any atom is -0.368 e. The van der Waals surface area contributed by atoms with Gasteiger partial charge in [-0.15, -0.1) is 0 Å². The van der Waals surface area contributed by atoms with Crippen molar-refractivity contribution in [1.29, 1.82) is 0 Å². The maximum Gasteiger partial charge on any atom is 0.251 e. The number of carbonyl (C=O) groups is 1. The Morgan fingerprint density at radius 3 is 2.47 bits per heavy atom. The molecule has 0 aliphatic carbocycles. The zero-order valence-electron chi connectivity index (χ0n) is 16.8. The average Bonchev–Trinajstić information content (AvgIpc) is 2.78. The Morgan fingerprint density at radius 1 is 0.900 bits per heavy atom. The number of halogens is 2. The normalized spacial score (nSPS) is 14.8. The van der Waals surface area contributed by atoms with Crippen molar-refractivity contribution in [3.8, 4) is 0 Å². The molecule has 0 radical (unpaired) electrons. The van der Waals surface area contributed by atoms with E-state index in [0.717, 1.165) is 61.2 Å². The Hall–Kier alpha value is -2.27. The predicted octanol–water partition coefficient (Wildman–Crippen LogP) is 5.09. The van der Waals surface area contributed by atoms with Crippen LogP contribution in [0.5, 0.6) is 0 Å². The molecule has 1 fully saturated rings. The summed E-state index contributed by atoms with van der Waals surface area (Å²) >= 11 is 12.5. The molecule has 1 heterocycles. The van der Waals surface area contributed by atoms with Gasteiger partial charge in [0.15, 0.2) is 0 Å². The van der Waals surface area contributed by atoms with Crippen molar-refractivity contribution in [2.75, 3.05) is 44.2 Å². The van der Waals surface area contributed by atoms with Crippen LogP contribution in [0.3, 0.4) is 0 Å². The van der Waals surface area contributed by atoms with E-state index in [4.69, 9.17) is 23.2 Å². The van der Waals surface area contributed by atoms with Crippen LogP contribution in [0.15, 0.2) is 60.7 Å². The molecule has 6 heteroatoms. The third-order valence-corrected chi connectivity index (χ3v) is 6.42. The molecule has 0 unspecified atom stereocenters. The van der Waals surface area contributed by atoms with Crippen LogP contribution in [0.2, 0.25) is 10.0 Å². The smallest absolute Gasteiger partial charge is 0.251 e. The molecule has 4 rings (SSSR count). The summed E-state index contributed by atoms with van der Waals surface area (Å²) in [5.74, 6) is -0.00721. The predicted molar refractivity (Wildman–Crippen MR) is 126 cm³/mol. The fourth-order valence-electron chi connectivity index (χ4n) is 3.97. The molecule has 156 valence electrons. The van der Waals surface area contributed by atoms with Gasteiger partial charge in [-0.25, -0.2) is 0 Å². The highest BCUT2D eigenvalue weighted by molar-refractivity contribution is 6.43. The van der Waals surface area contributed by atoms with Crippen LogP contribution < -0.4 is 10.2 Å². The second-order valence-corrected chi connectivity index (χ2v) is 8.32. The summed E-state index contributed by atoms with van der Waals surface area (Å²) in [5, 5.41) is 6.37. The Bertz CT molecular complexity index is 1030. The maximum atomic E-state index is 12.6. The van der Waals surface area contributed by atoms with Crippen LogP contribution >= 0.6 is 23.2 Å². The second-order valence-electron chi connectivity index (χ2n) is 7.54. The van der Waals surface area contributed by atoms with E-state index < -0.39 is 0 Å². The highest BCUT2D eigenvalue weighted by Crippen LogP contribution is 2.32. The minimum atomic E-state index is -0.00721. The van der Waals surface area contributed by atoms with Gasteiger partial charge in [-0.2, -0.15) is 0 Å². The second kappa shape index (κ2) is 9.69. The number of carbonyl (C=O) groups excluding carboxylic acids is 1. The fourth-order valence-corrected chi connectivity index (χ4v) is 4.39. The van der Waals surface area contributed by atoms with Gasteiger partial charge in [0.2, 0.25) is 0 Å². The van der Waals surface area contributed by atoms with Gasteiger partial charge >= 0.3 is 0 Å². The number of amides is 1. The molecule has 1 aliphatic heterocycles. The molecular formula is C24H25Cl2N3O.